The molecule has 0 unspecified atom stereocenters. The van der Waals surface area contributed by atoms with Gasteiger partial charge in [-0.2, -0.15) is 4.31 Å². The van der Waals surface area contributed by atoms with Crippen molar-refractivity contribution in [1.29, 1.82) is 0 Å². The molecule has 8 nitrogen and oxygen atoms in total. The van der Waals surface area contributed by atoms with Crippen molar-refractivity contribution in [2.45, 2.75) is 22.6 Å². The molecule has 1 amide bonds. The molecule has 152 valence electrons. The quantitative estimate of drug-likeness (QED) is 0.723. The summed E-state index contributed by atoms with van der Waals surface area (Å²) in [5.41, 5.74) is 0.731. The van der Waals surface area contributed by atoms with Gasteiger partial charge in [-0.25, -0.2) is 16.8 Å². The molecule has 1 aliphatic rings. The maximum atomic E-state index is 12.9. The molecule has 0 bridgehead atoms. The molecule has 1 aromatic heterocycles. The van der Waals surface area contributed by atoms with Crippen molar-refractivity contribution in [3.63, 3.8) is 0 Å². The zero-order chi connectivity index (χ0) is 20.7. The van der Waals surface area contributed by atoms with E-state index in [1.807, 2.05) is 0 Å². The number of carbonyl (C=O) groups excluding carboxylic acids is 1. The zero-order valence-electron chi connectivity index (χ0n) is 16.0. The van der Waals surface area contributed by atoms with Crippen LogP contribution in [0.5, 0.6) is 0 Å². The van der Waals surface area contributed by atoms with Crippen molar-refractivity contribution in [1.82, 2.24) is 8.87 Å². The van der Waals surface area contributed by atoms with E-state index >= 15 is 0 Å². The van der Waals surface area contributed by atoms with Crippen molar-refractivity contribution < 1.29 is 21.6 Å². The van der Waals surface area contributed by atoms with Crippen LogP contribution in [0.3, 0.4) is 0 Å². The number of carbonyl (C=O) groups is 1. The number of benzene rings is 1. The van der Waals surface area contributed by atoms with Crippen LogP contribution in [0.2, 0.25) is 0 Å². The lowest BCUT2D eigenvalue weighted by Gasteiger charge is -2.18. The summed E-state index contributed by atoms with van der Waals surface area (Å²) in [7, 11) is -3.76. The van der Waals surface area contributed by atoms with Gasteiger partial charge in [0, 0.05) is 45.3 Å². The van der Waals surface area contributed by atoms with Gasteiger partial charge in [0.2, 0.25) is 10.0 Å². The van der Waals surface area contributed by atoms with E-state index in [-0.39, 0.29) is 15.5 Å². The number of amides is 1. The second kappa shape index (κ2) is 7.34. The third kappa shape index (κ3) is 3.85. The van der Waals surface area contributed by atoms with Gasteiger partial charge in [0.25, 0.3) is 5.91 Å². The number of sulfone groups is 1. The highest BCUT2D eigenvalue weighted by Gasteiger charge is 2.30. The average molecular weight is 426 g/mol. The number of aryl methyl sites for hydroxylation is 1. The smallest absolute Gasteiger partial charge is 0.274 e. The normalized spacial score (nSPS) is 15.7. The van der Waals surface area contributed by atoms with Crippen molar-refractivity contribution >= 4 is 31.5 Å². The average Bonchev–Trinajstić information content (AvgIpc) is 3.30. The zero-order valence-corrected chi connectivity index (χ0v) is 17.6. The summed E-state index contributed by atoms with van der Waals surface area (Å²) >= 11 is 0. The predicted molar refractivity (Wildman–Crippen MR) is 106 cm³/mol. The first-order chi connectivity index (χ1) is 13.0. The van der Waals surface area contributed by atoms with Gasteiger partial charge < -0.3 is 9.47 Å². The highest BCUT2D eigenvalue weighted by Crippen LogP contribution is 2.24. The molecule has 1 aliphatic heterocycles. The Hall–Kier alpha value is -2.17. The summed E-state index contributed by atoms with van der Waals surface area (Å²) in [6.07, 6.45) is 4.23. The van der Waals surface area contributed by atoms with Crippen LogP contribution in [-0.2, 0) is 26.9 Å². The molecular weight excluding hydrogens is 402 g/mol. The maximum Gasteiger partial charge on any atom is 0.274 e. The molecule has 2 heterocycles. The first-order valence-corrected chi connectivity index (χ1v) is 12.1. The molecule has 0 saturated carbocycles. The molecule has 0 atom stereocenters. The number of aromatic nitrogens is 1. The van der Waals surface area contributed by atoms with Gasteiger partial charge in [-0.05, 0) is 43.2 Å². The van der Waals surface area contributed by atoms with Gasteiger partial charge in [-0.15, -0.1) is 0 Å². The minimum atomic E-state index is -3.61. The minimum Gasteiger partial charge on any atom is -0.345 e. The molecule has 0 radical (unpaired) electrons. The SMILES string of the molecule is CN(C(=O)c1cc(S(=O)(=O)N2CCCC2)cn1C)c1ccc(S(C)(=O)=O)cc1. The Balaban J connectivity index is 1.87. The lowest BCUT2D eigenvalue weighted by molar-refractivity contribution is 0.0985. The maximum absolute atomic E-state index is 12.9. The largest absolute Gasteiger partial charge is 0.345 e. The number of nitrogens with zero attached hydrogens (tertiary/aromatic N) is 3. The third-order valence-electron chi connectivity index (χ3n) is 4.86. The van der Waals surface area contributed by atoms with Crippen LogP contribution >= 0.6 is 0 Å². The first kappa shape index (κ1) is 20.6. The number of anilines is 1. The Morgan fingerprint density at radius 2 is 1.57 bits per heavy atom. The molecule has 10 heteroatoms. The van der Waals surface area contributed by atoms with Gasteiger partial charge in [0.1, 0.15) is 10.6 Å². The predicted octanol–water partition coefficient (Wildman–Crippen LogP) is 1.49. The summed E-state index contributed by atoms with van der Waals surface area (Å²) in [4.78, 5) is 14.5. The van der Waals surface area contributed by atoms with E-state index in [1.54, 1.807) is 26.2 Å². The van der Waals surface area contributed by atoms with Crippen molar-refractivity contribution in [3.8, 4) is 0 Å². The standard InChI is InChI=1S/C18H23N3O5S2/c1-19-13-16(28(25,26)21-10-4-5-11-21)12-17(19)18(22)20(2)14-6-8-15(9-7-14)27(3,23)24/h6-9,12-13H,4-5,10-11H2,1-3H3. The summed E-state index contributed by atoms with van der Waals surface area (Å²) in [6.45, 7) is 0.986. The molecule has 0 spiro atoms. The molecule has 1 saturated heterocycles. The van der Waals surface area contributed by atoms with E-state index in [1.165, 1.54) is 38.2 Å². The third-order valence-corrected chi connectivity index (χ3v) is 7.85. The summed E-state index contributed by atoms with van der Waals surface area (Å²) < 4.78 is 51.5. The first-order valence-electron chi connectivity index (χ1n) is 8.76. The fraction of sp³-hybridized carbons (Fsp3) is 0.389. The lowest BCUT2D eigenvalue weighted by Crippen LogP contribution is -2.28. The summed E-state index contributed by atoms with van der Waals surface area (Å²) in [6, 6.07) is 7.33. The Labute approximate surface area is 165 Å². The van der Waals surface area contributed by atoms with Gasteiger partial charge in [0.15, 0.2) is 9.84 Å². The molecular formula is C18H23N3O5S2. The van der Waals surface area contributed by atoms with Crippen LogP contribution in [0.25, 0.3) is 0 Å². The van der Waals surface area contributed by atoms with E-state index in [0.29, 0.717) is 18.8 Å². The molecule has 28 heavy (non-hydrogen) atoms. The Kier molecular flexibility index (Phi) is 5.39. The summed E-state index contributed by atoms with van der Waals surface area (Å²) in [5.74, 6) is -0.391. The number of hydrogen-bond acceptors (Lipinski definition) is 5. The van der Waals surface area contributed by atoms with Gasteiger partial charge in [-0.1, -0.05) is 0 Å². The van der Waals surface area contributed by atoms with Gasteiger partial charge >= 0.3 is 0 Å². The minimum absolute atomic E-state index is 0.0982. The van der Waals surface area contributed by atoms with E-state index in [9.17, 15) is 21.6 Å². The highest BCUT2D eigenvalue weighted by molar-refractivity contribution is 7.90. The molecule has 3 rings (SSSR count). The fourth-order valence-corrected chi connectivity index (χ4v) is 5.39. The van der Waals surface area contributed by atoms with Crippen LogP contribution in [-0.4, -0.2) is 58.0 Å². The molecule has 1 aromatic carbocycles. The Bertz CT molecular complexity index is 1100. The number of rotatable bonds is 5. The van der Waals surface area contributed by atoms with Crippen molar-refractivity contribution in [2.24, 2.45) is 7.05 Å². The molecule has 0 N–H and O–H groups in total. The van der Waals surface area contributed by atoms with Crippen LogP contribution in [0.4, 0.5) is 5.69 Å². The van der Waals surface area contributed by atoms with E-state index in [0.717, 1.165) is 19.1 Å². The monoisotopic (exact) mass is 425 g/mol. The number of hydrogen-bond donors (Lipinski definition) is 0. The molecule has 0 aliphatic carbocycles. The van der Waals surface area contributed by atoms with E-state index in [2.05, 4.69) is 0 Å². The van der Waals surface area contributed by atoms with E-state index in [4.69, 9.17) is 0 Å². The lowest BCUT2D eigenvalue weighted by atomic mass is 10.2. The number of sulfonamides is 1. The van der Waals surface area contributed by atoms with Crippen molar-refractivity contribution in [3.05, 3.63) is 42.2 Å². The van der Waals surface area contributed by atoms with Crippen molar-refractivity contribution in [2.75, 3.05) is 31.3 Å². The summed E-state index contributed by atoms with van der Waals surface area (Å²) in [5, 5.41) is 0. The molecule has 1 fully saturated rings. The van der Waals surface area contributed by atoms with Crippen LogP contribution in [0.15, 0.2) is 46.3 Å². The second-order valence-corrected chi connectivity index (χ2v) is 10.9. The topological polar surface area (TPSA) is 96.8 Å². The Morgan fingerprint density at radius 1 is 1.00 bits per heavy atom. The highest BCUT2D eigenvalue weighted by atomic mass is 32.2. The fourth-order valence-electron chi connectivity index (χ4n) is 3.17. The Morgan fingerprint density at radius 3 is 2.11 bits per heavy atom. The van der Waals surface area contributed by atoms with Crippen LogP contribution in [0, 0.1) is 0 Å². The van der Waals surface area contributed by atoms with Crippen LogP contribution < -0.4 is 4.90 Å². The van der Waals surface area contributed by atoms with E-state index < -0.39 is 25.8 Å². The van der Waals surface area contributed by atoms with Crippen LogP contribution in [0.1, 0.15) is 23.3 Å². The molecule has 2 aromatic rings. The van der Waals surface area contributed by atoms with Gasteiger partial charge in [-0.3, -0.25) is 4.79 Å². The second-order valence-electron chi connectivity index (χ2n) is 6.91. The van der Waals surface area contributed by atoms with Gasteiger partial charge in [0.05, 0.1) is 4.90 Å².